The summed E-state index contributed by atoms with van der Waals surface area (Å²) in [5.41, 5.74) is 6.22. The fourth-order valence-corrected chi connectivity index (χ4v) is 3.93. The summed E-state index contributed by atoms with van der Waals surface area (Å²) in [4.78, 5) is 13.8. The first-order valence-corrected chi connectivity index (χ1v) is 10.0. The number of pyridine rings is 1. The summed E-state index contributed by atoms with van der Waals surface area (Å²) >= 11 is 0. The molecule has 1 aliphatic carbocycles. The van der Waals surface area contributed by atoms with Crippen LogP contribution in [-0.4, -0.2) is 34.2 Å². The second-order valence-corrected chi connectivity index (χ2v) is 7.84. The molecule has 0 fully saturated rings. The lowest BCUT2D eigenvalue weighted by atomic mass is 9.99. The zero-order chi connectivity index (χ0) is 19.0. The number of aryl methyl sites for hydroxylation is 1. The molecule has 0 amide bonds. The van der Waals surface area contributed by atoms with Crippen LogP contribution in [0.5, 0.6) is 0 Å². The molecule has 3 heterocycles. The van der Waals surface area contributed by atoms with Crippen LogP contribution >= 0.6 is 0 Å². The van der Waals surface area contributed by atoms with Gasteiger partial charge in [-0.25, -0.2) is 15.0 Å². The average molecular weight is 368 g/mol. The van der Waals surface area contributed by atoms with Crippen LogP contribution in [0.4, 0.5) is 5.82 Å². The highest BCUT2D eigenvalue weighted by atomic mass is 16.5. The third-order valence-electron chi connectivity index (χ3n) is 5.12. The zero-order valence-electron chi connectivity index (χ0n) is 16.6. The van der Waals surface area contributed by atoms with Crippen LogP contribution in [-0.2, 0) is 17.6 Å². The molecule has 1 N–H and O–H groups in total. The van der Waals surface area contributed by atoms with Gasteiger partial charge in [0.1, 0.15) is 11.8 Å². The summed E-state index contributed by atoms with van der Waals surface area (Å²) in [5.74, 6) is 1.12. The molecule has 3 aromatic heterocycles. The fraction of sp³-hybridized carbons (Fsp3) is 0.571. The molecule has 0 saturated heterocycles. The van der Waals surface area contributed by atoms with E-state index in [4.69, 9.17) is 14.1 Å². The van der Waals surface area contributed by atoms with Crippen molar-refractivity contribution in [3.63, 3.8) is 0 Å². The summed E-state index contributed by atoms with van der Waals surface area (Å²) in [6.07, 6.45) is 6.13. The van der Waals surface area contributed by atoms with E-state index in [0.717, 1.165) is 49.1 Å². The second-order valence-electron chi connectivity index (χ2n) is 7.84. The Labute approximate surface area is 159 Å². The molecule has 6 nitrogen and oxygen atoms in total. The molecular weight excluding hydrogens is 340 g/mol. The molecule has 6 heteroatoms. The maximum Gasteiger partial charge on any atom is 0.229 e. The molecule has 0 unspecified atom stereocenters. The molecule has 0 saturated carbocycles. The summed E-state index contributed by atoms with van der Waals surface area (Å²) in [5, 5.41) is 4.45. The van der Waals surface area contributed by atoms with E-state index in [1.54, 1.807) is 6.33 Å². The molecule has 0 radical (unpaired) electrons. The van der Waals surface area contributed by atoms with Gasteiger partial charge in [-0.3, -0.25) is 0 Å². The number of ether oxygens (including phenoxy) is 1. The minimum atomic E-state index is 0.259. The van der Waals surface area contributed by atoms with Crippen molar-refractivity contribution in [3.05, 3.63) is 23.1 Å². The van der Waals surface area contributed by atoms with E-state index >= 15 is 0 Å². The highest BCUT2D eigenvalue weighted by Gasteiger charge is 2.26. The number of aromatic nitrogens is 3. The van der Waals surface area contributed by atoms with E-state index in [-0.39, 0.29) is 6.10 Å². The first kappa shape index (κ1) is 18.2. The minimum Gasteiger partial charge on any atom is -0.432 e. The Morgan fingerprint density at radius 3 is 2.74 bits per heavy atom. The van der Waals surface area contributed by atoms with Crippen molar-refractivity contribution in [3.8, 4) is 0 Å². The number of furan rings is 1. The quantitative estimate of drug-likeness (QED) is 0.614. The molecule has 0 spiro atoms. The Bertz CT molecular complexity index is 962. The smallest absolute Gasteiger partial charge is 0.229 e. The standard InChI is InChI=1S/C21H28N4O2/c1-12(2)17-15-8-5-7-14(15)16-18-19(27-21(16)25-17)20(24-11-23-18)22-9-6-10-26-13(3)4/h11-13H,5-10H2,1-4H3,(H,22,23,24). The Hall–Kier alpha value is -2.21. The van der Waals surface area contributed by atoms with Gasteiger partial charge < -0.3 is 14.5 Å². The molecule has 144 valence electrons. The summed E-state index contributed by atoms with van der Waals surface area (Å²) in [7, 11) is 0. The predicted octanol–water partition coefficient (Wildman–Crippen LogP) is 4.61. The lowest BCUT2D eigenvalue weighted by Gasteiger charge is -2.11. The Morgan fingerprint density at radius 2 is 1.96 bits per heavy atom. The molecule has 27 heavy (non-hydrogen) atoms. The molecule has 0 atom stereocenters. The maximum atomic E-state index is 6.17. The Morgan fingerprint density at radius 1 is 1.15 bits per heavy atom. The van der Waals surface area contributed by atoms with Gasteiger partial charge in [0.25, 0.3) is 0 Å². The monoisotopic (exact) mass is 368 g/mol. The third-order valence-corrected chi connectivity index (χ3v) is 5.12. The van der Waals surface area contributed by atoms with E-state index in [0.29, 0.717) is 17.2 Å². The number of hydrogen-bond donors (Lipinski definition) is 1. The molecule has 0 aromatic carbocycles. The van der Waals surface area contributed by atoms with Crippen molar-refractivity contribution in [2.24, 2.45) is 0 Å². The van der Waals surface area contributed by atoms with Crippen molar-refractivity contribution in [1.82, 2.24) is 15.0 Å². The number of anilines is 1. The van der Waals surface area contributed by atoms with Crippen LogP contribution in [0.15, 0.2) is 10.7 Å². The second kappa shape index (κ2) is 7.43. The molecule has 3 aromatic rings. The molecule has 0 bridgehead atoms. The summed E-state index contributed by atoms with van der Waals surface area (Å²) in [6, 6.07) is 0. The van der Waals surface area contributed by atoms with Gasteiger partial charge in [-0.2, -0.15) is 0 Å². The van der Waals surface area contributed by atoms with Crippen LogP contribution < -0.4 is 5.32 Å². The normalized spacial score (nSPS) is 14.0. The van der Waals surface area contributed by atoms with E-state index in [2.05, 4.69) is 29.1 Å². The maximum absolute atomic E-state index is 6.17. The number of rotatable bonds is 7. The average Bonchev–Trinajstić information content (AvgIpc) is 3.24. The largest absolute Gasteiger partial charge is 0.432 e. The molecule has 1 aliphatic rings. The van der Waals surface area contributed by atoms with Crippen molar-refractivity contribution in [2.45, 2.75) is 65.4 Å². The first-order chi connectivity index (χ1) is 13.1. The lowest BCUT2D eigenvalue weighted by molar-refractivity contribution is 0.0787. The first-order valence-electron chi connectivity index (χ1n) is 10.0. The van der Waals surface area contributed by atoms with E-state index in [1.165, 1.54) is 23.2 Å². The van der Waals surface area contributed by atoms with Gasteiger partial charge in [-0.05, 0) is 56.6 Å². The zero-order valence-corrected chi connectivity index (χ0v) is 16.6. The number of nitrogens with one attached hydrogen (secondary N) is 1. The van der Waals surface area contributed by atoms with Crippen LogP contribution in [0.2, 0.25) is 0 Å². The van der Waals surface area contributed by atoms with Crippen molar-refractivity contribution in [1.29, 1.82) is 0 Å². The van der Waals surface area contributed by atoms with Crippen LogP contribution in [0.3, 0.4) is 0 Å². The molecule has 0 aliphatic heterocycles. The third kappa shape index (κ3) is 3.38. The SMILES string of the molecule is CC(C)OCCCNc1ncnc2c1oc1nc(C(C)C)c3c(c12)CCC3. The van der Waals surface area contributed by atoms with E-state index in [1.807, 2.05) is 13.8 Å². The van der Waals surface area contributed by atoms with Crippen LogP contribution in [0.1, 0.15) is 63.3 Å². The Balaban J connectivity index is 1.70. The highest BCUT2D eigenvalue weighted by molar-refractivity contribution is 6.06. The summed E-state index contributed by atoms with van der Waals surface area (Å²) in [6.45, 7) is 9.99. The minimum absolute atomic E-state index is 0.259. The van der Waals surface area contributed by atoms with E-state index in [9.17, 15) is 0 Å². The number of hydrogen-bond acceptors (Lipinski definition) is 6. The van der Waals surface area contributed by atoms with E-state index < -0.39 is 0 Å². The molecule has 4 rings (SSSR count). The number of fused-ring (bicyclic) bond motifs is 5. The van der Waals surface area contributed by atoms with Crippen molar-refractivity contribution < 1.29 is 9.15 Å². The summed E-state index contributed by atoms with van der Waals surface area (Å²) < 4.78 is 11.8. The Kier molecular flexibility index (Phi) is 5.00. The van der Waals surface area contributed by atoms with Gasteiger partial charge in [0.05, 0.1) is 17.2 Å². The topological polar surface area (TPSA) is 73.1 Å². The highest BCUT2D eigenvalue weighted by Crippen LogP contribution is 2.39. The van der Waals surface area contributed by atoms with Gasteiger partial charge in [0.2, 0.25) is 5.71 Å². The van der Waals surface area contributed by atoms with Crippen molar-refractivity contribution in [2.75, 3.05) is 18.5 Å². The number of nitrogens with zero attached hydrogens (tertiary/aromatic N) is 3. The van der Waals surface area contributed by atoms with Crippen LogP contribution in [0.25, 0.3) is 22.2 Å². The lowest BCUT2D eigenvalue weighted by Crippen LogP contribution is -2.10. The van der Waals surface area contributed by atoms with Gasteiger partial charge >= 0.3 is 0 Å². The molecular formula is C21H28N4O2. The van der Waals surface area contributed by atoms with Crippen LogP contribution in [0, 0.1) is 0 Å². The fourth-order valence-electron chi connectivity index (χ4n) is 3.93. The van der Waals surface area contributed by atoms with Gasteiger partial charge in [-0.1, -0.05) is 13.8 Å². The van der Waals surface area contributed by atoms with Gasteiger partial charge in [-0.15, -0.1) is 0 Å². The van der Waals surface area contributed by atoms with Gasteiger partial charge in [0, 0.05) is 13.2 Å². The predicted molar refractivity (Wildman–Crippen MR) is 107 cm³/mol. The van der Waals surface area contributed by atoms with Crippen molar-refractivity contribution >= 4 is 28.0 Å². The van der Waals surface area contributed by atoms with Gasteiger partial charge in [0.15, 0.2) is 11.4 Å².